The summed E-state index contributed by atoms with van der Waals surface area (Å²) in [5.41, 5.74) is 2.44. The second kappa shape index (κ2) is 12.1. The molecule has 1 fully saturated rings. The molecule has 0 spiro atoms. The maximum absolute atomic E-state index is 5.96. The van der Waals surface area contributed by atoms with Crippen LogP contribution >= 0.6 is 24.0 Å². The lowest BCUT2D eigenvalue weighted by Gasteiger charge is -2.21. The minimum absolute atomic E-state index is 0. The molecule has 1 unspecified atom stereocenters. The molecule has 4 rings (SSSR count). The van der Waals surface area contributed by atoms with Gasteiger partial charge in [0.15, 0.2) is 17.5 Å². The molecule has 0 radical (unpaired) electrons. The lowest BCUT2D eigenvalue weighted by atomic mass is 10.1. The Morgan fingerprint density at radius 1 is 1.13 bits per heavy atom. The summed E-state index contributed by atoms with van der Waals surface area (Å²) in [6.07, 6.45) is 2.02. The lowest BCUT2D eigenvalue weighted by Crippen LogP contribution is -2.40. The molecule has 6 nitrogen and oxygen atoms in total. The van der Waals surface area contributed by atoms with Gasteiger partial charge < -0.3 is 24.4 Å². The van der Waals surface area contributed by atoms with E-state index in [2.05, 4.69) is 53.5 Å². The summed E-state index contributed by atoms with van der Waals surface area (Å²) in [6, 6.07) is 16.5. The van der Waals surface area contributed by atoms with Crippen LogP contribution in [-0.2, 0) is 17.8 Å². The van der Waals surface area contributed by atoms with Gasteiger partial charge in [0.1, 0.15) is 0 Å². The number of rotatable bonds is 8. The summed E-state index contributed by atoms with van der Waals surface area (Å²) in [7, 11) is 0. The summed E-state index contributed by atoms with van der Waals surface area (Å²) in [4.78, 5) is 7.23. The Labute approximate surface area is 202 Å². The summed E-state index contributed by atoms with van der Waals surface area (Å²) in [5, 5.41) is 3.45. The Bertz CT molecular complexity index is 847. The normalized spacial score (nSPS) is 17.5. The van der Waals surface area contributed by atoms with E-state index in [4.69, 9.17) is 19.2 Å². The SMILES string of the molecule is CCNC(=NCCc1ccc2c(c1)OCO2)N1CCC(COCc2ccccc2)C1.I. The Kier molecular flexibility index (Phi) is 9.27. The van der Waals surface area contributed by atoms with E-state index in [1.807, 2.05) is 12.1 Å². The zero-order valence-corrected chi connectivity index (χ0v) is 20.4. The molecule has 2 aromatic carbocycles. The maximum Gasteiger partial charge on any atom is 0.231 e. The predicted octanol–water partition coefficient (Wildman–Crippen LogP) is 4.08. The molecule has 2 aliphatic heterocycles. The van der Waals surface area contributed by atoms with Crippen LogP contribution in [0.1, 0.15) is 24.5 Å². The van der Waals surface area contributed by atoms with Crippen molar-refractivity contribution < 1.29 is 14.2 Å². The Morgan fingerprint density at radius 3 is 2.81 bits per heavy atom. The van der Waals surface area contributed by atoms with Crippen LogP contribution in [0.5, 0.6) is 11.5 Å². The van der Waals surface area contributed by atoms with Crippen LogP contribution in [0.2, 0.25) is 0 Å². The van der Waals surface area contributed by atoms with Crippen molar-refractivity contribution >= 4 is 29.9 Å². The number of hydrogen-bond acceptors (Lipinski definition) is 4. The van der Waals surface area contributed by atoms with Crippen molar-refractivity contribution in [1.29, 1.82) is 0 Å². The topological polar surface area (TPSA) is 55.3 Å². The number of nitrogens with zero attached hydrogens (tertiary/aromatic N) is 2. The number of nitrogens with one attached hydrogen (secondary N) is 1. The van der Waals surface area contributed by atoms with E-state index in [9.17, 15) is 0 Å². The van der Waals surface area contributed by atoms with E-state index >= 15 is 0 Å². The van der Waals surface area contributed by atoms with Crippen LogP contribution in [0.3, 0.4) is 0 Å². The molecule has 2 aromatic rings. The number of aliphatic imine (C=N–C) groups is 1. The van der Waals surface area contributed by atoms with E-state index in [1.165, 1.54) is 11.1 Å². The Hall–Kier alpha value is -2.00. The van der Waals surface area contributed by atoms with Gasteiger partial charge in [0, 0.05) is 32.1 Å². The minimum atomic E-state index is 0. The standard InChI is InChI=1S/C24H31N3O3.HI/c1-2-25-24(26-12-10-19-8-9-22-23(14-19)30-18-29-22)27-13-11-21(15-27)17-28-16-20-6-4-3-5-7-20;/h3-9,14,21H,2,10-13,15-18H2,1H3,(H,25,26);1H. The average Bonchev–Trinajstić information content (AvgIpc) is 3.43. The number of guanidine groups is 1. The summed E-state index contributed by atoms with van der Waals surface area (Å²) in [5.74, 6) is 3.21. The highest BCUT2D eigenvalue weighted by atomic mass is 127. The van der Waals surface area contributed by atoms with Crippen molar-refractivity contribution in [3.8, 4) is 11.5 Å². The van der Waals surface area contributed by atoms with Crippen molar-refractivity contribution in [3.05, 3.63) is 59.7 Å². The largest absolute Gasteiger partial charge is 0.454 e. The molecule has 0 saturated carbocycles. The zero-order valence-electron chi connectivity index (χ0n) is 18.1. The molecular weight excluding hydrogens is 505 g/mol. The van der Waals surface area contributed by atoms with Gasteiger partial charge in [-0.1, -0.05) is 36.4 Å². The number of halogens is 1. The first-order valence-corrected chi connectivity index (χ1v) is 10.9. The summed E-state index contributed by atoms with van der Waals surface area (Å²) < 4.78 is 16.8. The fraction of sp³-hybridized carbons (Fsp3) is 0.458. The molecule has 2 heterocycles. The summed E-state index contributed by atoms with van der Waals surface area (Å²) in [6.45, 7) is 7.53. The number of ether oxygens (including phenoxy) is 3. The van der Waals surface area contributed by atoms with Gasteiger partial charge in [0.05, 0.1) is 13.2 Å². The predicted molar refractivity (Wildman–Crippen MR) is 133 cm³/mol. The summed E-state index contributed by atoms with van der Waals surface area (Å²) >= 11 is 0. The van der Waals surface area contributed by atoms with Gasteiger partial charge in [0.2, 0.25) is 6.79 Å². The van der Waals surface area contributed by atoms with Crippen LogP contribution in [0.4, 0.5) is 0 Å². The quantitative estimate of drug-likeness (QED) is 0.313. The molecule has 1 N–H and O–H groups in total. The molecule has 7 heteroatoms. The van der Waals surface area contributed by atoms with Crippen LogP contribution < -0.4 is 14.8 Å². The number of fused-ring (bicyclic) bond motifs is 1. The van der Waals surface area contributed by atoms with E-state index in [-0.39, 0.29) is 24.0 Å². The van der Waals surface area contributed by atoms with Gasteiger partial charge in [-0.15, -0.1) is 24.0 Å². The van der Waals surface area contributed by atoms with Crippen molar-refractivity contribution in [2.24, 2.45) is 10.9 Å². The second-order valence-corrected chi connectivity index (χ2v) is 7.77. The van der Waals surface area contributed by atoms with E-state index in [1.54, 1.807) is 0 Å². The zero-order chi connectivity index (χ0) is 20.6. The second-order valence-electron chi connectivity index (χ2n) is 7.77. The van der Waals surface area contributed by atoms with Gasteiger partial charge in [0.25, 0.3) is 0 Å². The molecule has 31 heavy (non-hydrogen) atoms. The highest BCUT2D eigenvalue weighted by Gasteiger charge is 2.25. The number of likely N-dealkylation sites (tertiary alicyclic amines) is 1. The molecule has 0 aliphatic carbocycles. The lowest BCUT2D eigenvalue weighted by molar-refractivity contribution is 0.0907. The number of hydrogen-bond donors (Lipinski definition) is 1. The fourth-order valence-corrected chi connectivity index (χ4v) is 3.89. The molecule has 0 bridgehead atoms. The monoisotopic (exact) mass is 537 g/mol. The Balaban J connectivity index is 0.00000272. The first kappa shape index (κ1) is 23.7. The molecule has 2 aliphatic rings. The third-order valence-corrected chi connectivity index (χ3v) is 5.48. The fourth-order valence-electron chi connectivity index (χ4n) is 3.89. The third-order valence-electron chi connectivity index (χ3n) is 5.48. The Morgan fingerprint density at radius 2 is 1.97 bits per heavy atom. The highest BCUT2D eigenvalue weighted by molar-refractivity contribution is 14.0. The van der Waals surface area contributed by atoms with Gasteiger partial charge in [-0.05, 0) is 43.0 Å². The molecule has 0 amide bonds. The van der Waals surface area contributed by atoms with E-state index < -0.39 is 0 Å². The van der Waals surface area contributed by atoms with Crippen LogP contribution in [0, 0.1) is 5.92 Å². The van der Waals surface area contributed by atoms with Gasteiger partial charge in [-0.2, -0.15) is 0 Å². The van der Waals surface area contributed by atoms with E-state index in [0.29, 0.717) is 19.3 Å². The van der Waals surface area contributed by atoms with Crippen molar-refractivity contribution in [2.75, 3.05) is 39.6 Å². The first-order chi connectivity index (χ1) is 14.8. The van der Waals surface area contributed by atoms with Gasteiger partial charge in [-0.25, -0.2) is 0 Å². The average molecular weight is 537 g/mol. The van der Waals surface area contributed by atoms with Gasteiger partial charge >= 0.3 is 0 Å². The molecule has 1 atom stereocenters. The number of benzene rings is 2. The maximum atomic E-state index is 5.96. The van der Waals surface area contributed by atoms with E-state index in [0.717, 1.165) is 63.1 Å². The van der Waals surface area contributed by atoms with Crippen molar-refractivity contribution in [1.82, 2.24) is 10.2 Å². The smallest absolute Gasteiger partial charge is 0.231 e. The minimum Gasteiger partial charge on any atom is -0.454 e. The third kappa shape index (κ3) is 6.74. The van der Waals surface area contributed by atoms with Gasteiger partial charge in [-0.3, -0.25) is 4.99 Å². The van der Waals surface area contributed by atoms with Crippen LogP contribution in [0.15, 0.2) is 53.5 Å². The van der Waals surface area contributed by atoms with Crippen molar-refractivity contribution in [2.45, 2.75) is 26.4 Å². The van der Waals surface area contributed by atoms with Crippen molar-refractivity contribution in [3.63, 3.8) is 0 Å². The highest BCUT2D eigenvalue weighted by Crippen LogP contribution is 2.32. The molecule has 1 saturated heterocycles. The molecule has 168 valence electrons. The van der Waals surface area contributed by atoms with Crippen LogP contribution in [-0.4, -0.2) is 50.4 Å². The first-order valence-electron chi connectivity index (χ1n) is 10.9. The molecule has 0 aromatic heterocycles. The molecular formula is C24H32IN3O3. The van der Waals surface area contributed by atoms with Crippen LogP contribution in [0.25, 0.3) is 0 Å².